The van der Waals surface area contributed by atoms with Crippen LogP contribution < -0.4 is 0 Å². The zero-order chi connectivity index (χ0) is 8.36. The van der Waals surface area contributed by atoms with E-state index in [1.54, 1.807) is 0 Å². The fraction of sp³-hybridized carbons (Fsp3) is 0.500. The molecule has 3 N–H and O–H groups in total. The minimum absolute atomic E-state index is 0.618. The predicted molar refractivity (Wildman–Crippen MR) is 33.8 cm³/mol. The molecule has 4 heteroatoms. The van der Waals surface area contributed by atoms with Crippen molar-refractivity contribution >= 4 is 5.78 Å². The van der Waals surface area contributed by atoms with Gasteiger partial charge in [-0.2, -0.15) is 0 Å². The molecule has 0 saturated carbocycles. The number of aliphatic hydroxyl groups is 3. The molecular weight excluding hydrogens is 136 g/mol. The van der Waals surface area contributed by atoms with E-state index in [-0.39, 0.29) is 0 Å². The van der Waals surface area contributed by atoms with E-state index in [1.165, 1.54) is 6.92 Å². The number of hydrogen-bond donors (Lipinski definition) is 3. The molecule has 0 spiro atoms. The molecule has 0 aliphatic carbocycles. The van der Waals surface area contributed by atoms with Gasteiger partial charge in [0.25, 0.3) is 5.97 Å². The van der Waals surface area contributed by atoms with Gasteiger partial charge in [-0.15, -0.1) is 0 Å². The minimum atomic E-state index is -2.94. The number of allylic oxidation sites excluding steroid dienone is 1. The van der Waals surface area contributed by atoms with E-state index in [4.69, 9.17) is 15.3 Å². The molecule has 0 bridgehead atoms. The molecule has 0 aliphatic heterocycles. The molecule has 0 heterocycles. The molecule has 0 aliphatic rings. The van der Waals surface area contributed by atoms with Gasteiger partial charge in [-0.05, 0) is 13.0 Å². The van der Waals surface area contributed by atoms with E-state index in [0.717, 1.165) is 6.08 Å². The SMILES string of the molecule is C=CC(=O)C(C)C(O)(O)O. The maximum absolute atomic E-state index is 10.6. The summed E-state index contributed by atoms with van der Waals surface area (Å²) in [4.78, 5) is 10.6. The van der Waals surface area contributed by atoms with Gasteiger partial charge in [0.2, 0.25) is 0 Å². The van der Waals surface area contributed by atoms with Crippen molar-refractivity contribution < 1.29 is 20.1 Å². The van der Waals surface area contributed by atoms with Gasteiger partial charge in [0, 0.05) is 0 Å². The van der Waals surface area contributed by atoms with E-state index < -0.39 is 17.7 Å². The van der Waals surface area contributed by atoms with Crippen LogP contribution in [0.4, 0.5) is 0 Å². The lowest BCUT2D eigenvalue weighted by atomic mass is 10.0. The minimum Gasteiger partial charge on any atom is -0.343 e. The third-order valence-corrected chi connectivity index (χ3v) is 1.21. The number of carbonyl (C=O) groups excluding carboxylic acids is 1. The second kappa shape index (κ2) is 2.92. The van der Waals surface area contributed by atoms with Gasteiger partial charge in [-0.3, -0.25) is 4.79 Å². The summed E-state index contributed by atoms with van der Waals surface area (Å²) in [6.07, 6.45) is 0.919. The molecule has 10 heavy (non-hydrogen) atoms. The van der Waals surface area contributed by atoms with Crippen LogP contribution in [0.5, 0.6) is 0 Å². The van der Waals surface area contributed by atoms with Crippen LogP contribution in [0.25, 0.3) is 0 Å². The first-order valence-corrected chi connectivity index (χ1v) is 2.73. The lowest BCUT2D eigenvalue weighted by molar-refractivity contribution is -0.330. The molecule has 0 fully saturated rings. The van der Waals surface area contributed by atoms with Crippen molar-refractivity contribution in [2.24, 2.45) is 5.92 Å². The van der Waals surface area contributed by atoms with Crippen LogP contribution in [0.3, 0.4) is 0 Å². The van der Waals surface area contributed by atoms with Gasteiger partial charge in [0.05, 0.1) is 0 Å². The highest BCUT2D eigenvalue weighted by Gasteiger charge is 2.32. The lowest BCUT2D eigenvalue weighted by Crippen LogP contribution is -2.39. The van der Waals surface area contributed by atoms with E-state index in [9.17, 15) is 4.79 Å². The molecular formula is C6H10O4. The average molecular weight is 146 g/mol. The molecule has 0 aromatic heterocycles. The molecule has 0 aromatic rings. The summed E-state index contributed by atoms with van der Waals surface area (Å²) in [6, 6.07) is 0. The Morgan fingerprint density at radius 2 is 2.00 bits per heavy atom. The normalized spacial score (nSPS) is 14.4. The molecule has 0 aromatic carbocycles. The predicted octanol–water partition coefficient (Wildman–Crippen LogP) is -0.992. The molecule has 0 radical (unpaired) electrons. The zero-order valence-electron chi connectivity index (χ0n) is 5.61. The third kappa shape index (κ3) is 2.26. The van der Waals surface area contributed by atoms with Gasteiger partial charge in [0.15, 0.2) is 5.78 Å². The van der Waals surface area contributed by atoms with Crippen LogP contribution in [-0.4, -0.2) is 27.1 Å². The van der Waals surface area contributed by atoms with Crippen molar-refractivity contribution in [3.63, 3.8) is 0 Å². The first kappa shape index (κ1) is 9.29. The van der Waals surface area contributed by atoms with Gasteiger partial charge in [-0.25, -0.2) is 0 Å². The lowest BCUT2D eigenvalue weighted by Gasteiger charge is -2.19. The Morgan fingerprint density at radius 3 is 2.10 bits per heavy atom. The maximum Gasteiger partial charge on any atom is 0.285 e. The van der Waals surface area contributed by atoms with Crippen molar-refractivity contribution in [2.45, 2.75) is 12.9 Å². The Labute approximate surface area is 58.4 Å². The first-order valence-electron chi connectivity index (χ1n) is 2.73. The van der Waals surface area contributed by atoms with Gasteiger partial charge >= 0.3 is 0 Å². The molecule has 0 rings (SSSR count). The number of rotatable bonds is 3. The van der Waals surface area contributed by atoms with Crippen LogP contribution in [0.2, 0.25) is 0 Å². The Bertz CT molecular complexity index is 144. The van der Waals surface area contributed by atoms with Crippen molar-refractivity contribution in [2.75, 3.05) is 0 Å². The van der Waals surface area contributed by atoms with Crippen LogP contribution in [-0.2, 0) is 4.79 Å². The highest BCUT2D eigenvalue weighted by Crippen LogP contribution is 2.11. The number of carbonyl (C=O) groups is 1. The maximum atomic E-state index is 10.6. The molecule has 0 saturated heterocycles. The molecule has 4 nitrogen and oxygen atoms in total. The van der Waals surface area contributed by atoms with Crippen LogP contribution in [0.1, 0.15) is 6.92 Å². The van der Waals surface area contributed by atoms with Crippen LogP contribution in [0, 0.1) is 5.92 Å². The highest BCUT2D eigenvalue weighted by molar-refractivity contribution is 5.91. The molecule has 1 atom stereocenters. The van der Waals surface area contributed by atoms with Crippen LogP contribution in [0.15, 0.2) is 12.7 Å². The summed E-state index contributed by atoms with van der Waals surface area (Å²) in [5, 5.41) is 25.3. The monoisotopic (exact) mass is 146 g/mol. The van der Waals surface area contributed by atoms with Crippen molar-refractivity contribution in [3.05, 3.63) is 12.7 Å². The standard InChI is InChI=1S/C6H10O4/c1-3-5(7)4(2)6(8,9)10/h3-4,8-10H,1H2,2H3. The van der Waals surface area contributed by atoms with Crippen LogP contribution >= 0.6 is 0 Å². The Kier molecular flexibility index (Phi) is 2.71. The Morgan fingerprint density at radius 1 is 1.60 bits per heavy atom. The van der Waals surface area contributed by atoms with E-state index in [0.29, 0.717) is 0 Å². The van der Waals surface area contributed by atoms with Crippen molar-refractivity contribution in [3.8, 4) is 0 Å². The molecule has 58 valence electrons. The zero-order valence-corrected chi connectivity index (χ0v) is 5.61. The van der Waals surface area contributed by atoms with Gasteiger partial charge in [-0.1, -0.05) is 6.58 Å². The van der Waals surface area contributed by atoms with E-state index in [1.807, 2.05) is 0 Å². The topological polar surface area (TPSA) is 77.8 Å². The first-order chi connectivity index (χ1) is 4.39. The summed E-state index contributed by atoms with van der Waals surface area (Å²) in [7, 11) is 0. The van der Waals surface area contributed by atoms with E-state index in [2.05, 4.69) is 6.58 Å². The summed E-state index contributed by atoms with van der Waals surface area (Å²) in [6.45, 7) is 4.30. The molecule has 1 unspecified atom stereocenters. The average Bonchev–Trinajstić information content (AvgIpc) is 1.83. The van der Waals surface area contributed by atoms with Crippen molar-refractivity contribution in [1.29, 1.82) is 0 Å². The summed E-state index contributed by atoms with van der Waals surface area (Å²) in [5.41, 5.74) is 0. The Hall–Kier alpha value is -0.710. The van der Waals surface area contributed by atoms with Crippen molar-refractivity contribution in [1.82, 2.24) is 0 Å². The second-order valence-electron chi connectivity index (χ2n) is 2.02. The summed E-state index contributed by atoms with van der Waals surface area (Å²) in [5.74, 6) is -4.82. The quantitative estimate of drug-likeness (QED) is 0.353. The fourth-order valence-electron chi connectivity index (χ4n) is 0.368. The van der Waals surface area contributed by atoms with Gasteiger partial charge in [0.1, 0.15) is 5.92 Å². The van der Waals surface area contributed by atoms with Gasteiger partial charge < -0.3 is 15.3 Å². The third-order valence-electron chi connectivity index (χ3n) is 1.21. The number of hydrogen-bond acceptors (Lipinski definition) is 4. The Balaban J connectivity index is 4.21. The highest BCUT2D eigenvalue weighted by atomic mass is 16.7. The second-order valence-corrected chi connectivity index (χ2v) is 2.02. The summed E-state index contributed by atoms with van der Waals surface area (Å²) < 4.78 is 0. The van der Waals surface area contributed by atoms with E-state index >= 15 is 0 Å². The fourth-order valence-corrected chi connectivity index (χ4v) is 0.368. The number of ketones is 1. The smallest absolute Gasteiger partial charge is 0.285 e. The molecule has 0 amide bonds. The largest absolute Gasteiger partial charge is 0.343 e. The summed E-state index contributed by atoms with van der Waals surface area (Å²) >= 11 is 0.